The molecule has 1 saturated heterocycles. The van der Waals surface area contributed by atoms with Crippen LogP contribution in [0.5, 0.6) is 0 Å². The van der Waals surface area contributed by atoms with Crippen LogP contribution in [0.2, 0.25) is 0 Å². The number of carbonyl (C=O) groups excluding carboxylic acids is 3. The highest BCUT2D eigenvalue weighted by Crippen LogP contribution is 2.31. The van der Waals surface area contributed by atoms with Crippen LogP contribution in [0.1, 0.15) is 56.4 Å². The number of hydrogen-bond donors (Lipinski definition) is 3. The Morgan fingerprint density at radius 3 is 2.27 bits per heavy atom. The van der Waals surface area contributed by atoms with Crippen LogP contribution in [0, 0.1) is 11.8 Å². The monoisotopic (exact) mass is 577 g/mol. The van der Waals surface area contributed by atoms with Gasteiger partial charge in [0.1, 0.15) is 23.4 Å². The summed E-state index contributed by atoms with van der Waals surface area (Å²) in [7, 11) is 0. The predicted molar refractivity (Wildman–Crippen MR) is 158 cm³/mol. The number of aromatic nitrogens is 2. The van der Waals surface area contributed by atoms with Crippen molar-refractivity contribution in [3.8, 4) is 11.8 Å². The molecule has 3 aromatic rings. The molecule has 216 valence electrons. The van der Waals surface area contributed by atoms with Gasteiger partial charge in [-0.25, -0.2) is 9.78 Å². The number of amides is 3. The number of carbonyl (C=O) groups is 3. The Kier molecular flexibility index (Phi) is 11.0. The lowest BCUT2D eigenvalue weighted by Gasteiger charge is -2.34. The van der Waals surface area contributed by atoms with Gasteiger partial charge in [0.15, 0.2) is 0 Å². The summed E-state index contributed by atoms with van der Waals surface area (Å²) in [5.41, 5.74) is 1.62. The van der Waals surface area contributed by atoms with Crippen LogP contribution >= 0.6 is 12.4 Å². The molecular formula is C31H36ClN5O4. The zero-order chi connectivity index (χ0) is 28.5. The van der Waals surface area contributed by atoms with Gasteiger partial charge in [0.2, 0.25) is 11.8 Å². The summed E-state index contributed by atoms with van der Waals surface area (Å²) < 4.78 is 5.55. The Hall–Kier alpha value is -4.29. The SMILES string of the molecule is CC(C)(C)OC(=O)N[C@@H](C(=O)N1CCC[C@H]1C(=O)NCC#Cc1cnc[nH]1)C(c1ccccc1)c1ccccc1.Cl. The van der Waals surface area contributed by atoms with E-state index < -0.39 is 29.7 Å². The third kappa shape index (κ3) is 8.60. The fraction of sp³-hybridized carbons (Fsp3) is 0.355. The minimum Gasteiger partial charge on any atom is -0.444 e. The smallest absolute Gasteiger partial charge is 0.408 e. The number of nitrogens with zero attached hydrogens (tertiary/aromatic N) is 2. The lowest BCUT2D eigenvalue weighted by molar-refractivity contribution is -0.140. The van der Waals surface area contributed by atoms with Crippen LogP contribution in [0.4, 0.5) is 4.79 Å². The minimum atomic E-state index is -1.01. The van der Waals surface area contributed by atoms with Gasteiger partial charge in [-0.3, -0.25) is 9.59 Å². The number of imidazole rings is 1. The average Bonchev–Trinajstić information content (AvgIpc) is 3.63. The van der Waals surface area contributed by atoms with E-state index in [-0.39, 0.29) is 30.8 Å². The van der Waals surface area contributed by atoms with E-state index in [0.29, 0.717) is 25.1 Å². The molecule has 0 aliphatic carbocycles. The van der Waals surface area contributed by atoms with Crippen molar-refractivity contribution in [1.82, 2.24) is 25.5 Å². The highest BCUT2D eigenvalue weighted by molar-refractivity contribution is 5.93. The van der Waals surface area contributed by atoms with E-state index in [1.807, 2.05) is 60.7 Å². The zero-order valence-electron chi connectivity index (χ0n) is 23.4. The second kappa shape index (κ2) is 14.4. The number of likely N-dealkylation sites (tertiary alicyclic amines) is 1. The summed E-state index contributed by atoms with van der Waals surface area (Å²) in [5.74, 6) is 4.65. The molecule has 1 fully saturated rings. The summed E-state index contributed by atoms with van der Waals surface area (Å²) in [5, 5.41) is 5.68. The van der Waals surface area contributed by atoms with E-state index in [2.05, 4.69) is 32.4 Å². The van der Waals surface area contributed by atoms with Gasteiger partial charge < -0.3 is 25.3 Å². The molecule has 2 heterocycles. The molecule has 3 amide bonds. The van der Waals surface area contributed by atoms with Crippen LogP contribution in [-0.2, 0) is 14.3 Å². The normalized spacial score (nSPS) is 15.2. The molecule has 0 saturated carbocycles. The van der Waals surface area contributed by atoms with Gasteiger partial charge in [-0.15, -0.1) is 12.4 Å². The van der Waals surface area contributed by atoms with Crippen molar-refractivity contribution < 1.29 is 19.1 Å². The first-order valence-electron chi connectivity index (χ1n) is 13.4. The summed E-state index contributed by atoms with van der Waals surface area (Å²) in [6.07, 6.45) is 3.62. The number of benzene rings is 2. The highest BCUT2D eigenvalue weighted by atomic mass is 35.5. The topological polar surface area (TPSA) is 116 Å². The van der Waals surface area contributed by atoms with Gasteiger partial charge in [-0.05, 0) is 50.7 Å². The maximum absolute atomic E-state index is 14.3. The zero-order valence-corrected chi connectivity index (χ0v) is 24.2. The molecule has 10 heteroatoms. The van der Waals surface area contributed by atoms with E-state index in [9.17, 15) is 14.4 Å². The van der Waals surface area contributed by atoms with Gasteiger partial charge in [-0.2, -0.15) is 0 Å². The first kappa shape index (κ1) is 31.2. The number of H-pyrrole nitrogens is 1. The van der Waals surface area contributed by atoms with E-state index in [1.54, 1.807) is 31.9 Å². The minimum absolute atomic E-state index is 0. The summed E-state index contributed by atoms with van der Waals surface area (Å²) in [6.45, 7) is 5.84. The van der Waals surface area contributed by atoms with E-state index in [1.165, 1.54) is 6.33 Å². The van der Waals surface area contributed by atoms with E-state index >= 15 is 0 Å². The molecule has 0 spiro atoms. The van der Waals surface area contributed by atoms with Crippen molar-refractivity contribution in [2.75, 3.05) is 13.1 Å². The van der Waals surface area contributed by atoms with Crippen LogP contribution in [0.25, 0.3) is 0 Å². The fourth-order valence-electron chi connectivity index (χ4n) is 4.81. The molecule has 1 aliphatic rings. The number of alkyl carbamates (subject to hydrolysis) is 1. The van der Waals surface area contributed by atoms with Crippen molar-refractivity contribution in [2.45, 2.75) is 57.2 Å². The first-order chi connectivity index (χ1) is 19.2. The Bertz CT molecular complexity index is 1310. The van der Waals surface area contributed by atoms with Crippen molar-refractivity contribution in [1.29, 1.82) is 0 Å². The van der Waals surface area contributed by atoms with Crippen molar-refractivity contribution in [3.63, 3.8) is 0 Å². The Morgan fingerprint density at radius 2 is 1.71 bits per heavy atom. The van der Waals surface area contributed by atoms with Crippen molar-refractivity contribution >= 4 is 30.3 Å². The third-order valence-corrected chi connectivity index (χ3v) is 6.50. The third-order valence-electron chi connectivity index (χ3n) is 6.50. The lowest BCUT2D eigenvalue weighted by atomic mass is 9.84. The highest BCUT2D eigenvalue weighted by Gasteiger charge is 2.42. The number of rotatable bonds is 7. The maximum Gasteiger partial charge on any atom is 0.408 e. The summed E-state index contributed by atoms with van der Waals surface area (Å²) >= 11 is 0. The van der Waals surface area contributed by atoms with Crippen molar-refractivity contribution in [2.24, 2.45) is 0 Å². The van der Waals surface area contributed by atoms with Crippen LogP contribution in [0.3, 0.4) is 0 Å². The maximum atomic E-state index is 14.3. The van der Waals surface area contributed by atoms with Crippen molar-refractivity contribution in [3.05, 3.63) is 90.0 Å². The molecule has 41 heavy (non-hydrogen) atoms. The Morgan fingerprint density at radius 1 is 1.07 bits per heavy atom. The molecule has 9 nitrogen and oxygen atoms in total. The van der Waals surface area contributed by atoms with Gasteiger partial charge in [-0.1, -0.05) is 66.6 Å². The molecule has 1 aliphatic heterocycles. The predicted octanol–water partition coefficient (Wildman–Crippen LogP) is 4.02. The Labute approximate surface area is 246 Å². The Balaban J connectivity index is 0.00000462. The van der Waals surface area contributed by atoms with Crippen LogP contribution in [-0.4, -0.2) is 63.5 Å². The number of halogens is 1. The molecule has 3 N–H and O–H groups in total. The number of nitrogens with one attached hydrogen (secondary N) is 3. The lowest BCUT2D eigenvalue weighted by Crippen LogP contribution is -2.56. The molecular weight excluding hydrogens is 542 g/mol. The number of ether oxygens (including phenoxy) is 1. The second-order valence-electron chi connectivity index (χ2n) is 10.6. The molecule has 0 bridgehead atoms. The fourth-order valence-corrected chi connectivity index (χ4v) is 4.81. The van der Waals surface area contributed by atoms with Gasteiger partial charge >= 0.3 is 6.09 Å². The van der Waals surface area contributed by atoms with E-state index in [0.717, 1.165) is 11.1 Å². The number of aromatic amines is 1. The second-order valence-corrected chi connectivity index (χ2v) is 10.6. The van der Waals surface area contributed by atoms with Gasteiger partial charge in [0, 0.05) is 12.5 Å². The van der Waals surface area contributed by atoms with Crippen LogP contribution in [0.15, 0.2) is 73.2 Å². The van der Waals surface area contributed by atoms with Gasteiger partial charge in [0.05, 0.1) is 19.1 Å². The van der Waals surface area contributed by atoms with E-state index in [4.69, 9.17) is 4.74 Å². The van der Waals surface area contributed by atoms with Gasteiger partial charge in [0.25, 0.3) is 0 Å². The molecule has 2 atom stereocenters. The molecule has 0 unspecified atom stereocenters. The number of hydrogen-bond acceptors (Lipinski definition) is 5. The average molecular weight is 578 g/mol. The molecule has 4 rings (SSSR count). The summed E-state index contributed by atoms with van der Waals surface area (Å²) in [4.78, 5) is 48.8. The first-order valence-corrected chi connectivity index (χ1v) is 13.4. The molecule has 0 radical (unpaired) electrons. The quantitative estimate of drug-likeness (QED) is 0.367. The largest absolute Gasteiger partial charge is 0.444 e. The molecule has 1 aromatic heterocycles. The molecule has 2 aromatic carbocycles. The standard InChI is InChI=1S/C31H35N5O4.ClH/c1-31(2,3)40-30(39)35-27(26(22-12-6-4-7-13-22)23-14-8-5-9-15-23)29(38)36-19-11-17-25(36)28(37)33-18-10-16-24-20-32-21-34-24;/h4-9,12-15,20-21,25-27H,11,17-19H2,1-3H3,(H,32,34)(H,33,37)(H,35,39);1H/t25-,27+;/m0./s1. The summed E-state index contributed by atoms with van der Waals surface area (Å²) in [6, 6.07) is 17.5. The van der Waals surface area contributed by atoms with Crippen LogP contribution < -0.4 is 10.6 Å².